The van der Waals surface area contributed by atoms with Crippen LogP contribution in [0.15, 0.2) is 48.5 Å². The minimum atomic E-state index is -0.427. The zero-order chi connectivity index (χ0) is 18.4. The van der Waals surface area contributed by atoms with Crippen LogP contribution in [0.2, 0.25) is 0 Å². The lowest BCUT2D eigenvalue weighted by Gasteiger charge is -2.13. The molecule has 6 nitrogen and oxygen atoms in total. The zero-order valence-corrected chi connectivity index (χ0v) is 16.0. The number of hydrogen-bond acceptors (Lipinski definition) is 5. The Bertz CT molecular complexity index is 722. The van der Waals surface area contributed by atoms with Crippen LogP contribution in [0, 0.1) is 0 Å². The van der Waals surface area contributed by atoms with Gasteiger partial charge in [-0.15, -0.1) is 12.4 Å². The van der Waals surface area contributed by atoms with Gasteiger partial charge in [0.1, 0.15) is 23.4 Å². The van der Waals surface area contributed by atoms with Crippen molar-refractivity contribution in [2.75, 3.05) is 18.5 Å². The van der Waals surface area contributed by atoms with E-state index in [0.29, 0.717) is 31.0 Å². The van der Waals surface area contributed by atoms with E-state index >= 15 is 0 Å². The van der Waals surface area contributed by atoms with Crippen molar-refractivity contribution in [1.82, 2.24) is 0 Å². The molecule has 1 saturated heterocycles. The van der Waals surface area contributed by atoms with Crippen LogP contribution in [0.25, 0.3) is 0 Å². The van der Waals surface area contributed by atoms with Crippen LogP contribution in [0.4, 0.5) is 5.69 Å². The Morgan fingerprint density at radius 3 is 2.22 bits per heavy atom. The lowest BCUT2D eigenvalue weighted by molar-refractivity contribution is -0.126. The van der Waals surface area contributed by atoms with Crippen molar-refractivity contribution >= 4 is 24.0 Å². The molecule has 1 fully saturated rings. The Balaban J connectivity index is 0.00000261. The number of hydrogen-bond donors (Lipinski definition) is 2. The van der Waals surface area contributed by atoms with Gasteiger partial charge in [-0.1, -0.05) is 0 Å². The molecule has 2 aromatic carbocycles. The minimum Gasteiger partial charge on any atom is -0.494 e. The number of carbonyl (C=O) groups is 1. The quantitative estimate of drug-likeness (QED) is 0.749. The molecule has 0 saturated carbocycles. The molecule has 0 aromatic heterocycles. The first-order chi connectivity index (χ1) is 12.7. The number of halogens is 1. The van der Waals surface area contributed by atoms with Gasteiger partial charge in [0.05, 0.1) is 12.7 Å². The van der Waals surface area contributed by atoms with E-state index in [1.165, 1.54) is 0 Å². The highest BCUT2D eigenvalue weighted by molar-refractivity contribution is 5.94. The fourth-order valence-electron chi connectivity index (χ4n) is 2.81. The largest absolute Gasteiger partial charge is 0.494 e. The van der Waals surface area contributed by atoms with Crippen LogP contribution >= 0.6 is 12.4 Å². The molecule has 7 heteroatoms. The van der Waals surface area contributed by atoms with Gasteiger partial charge in [0.15, 0.2) is 0 Å². The molecule has 0 spiro atoms. The molecule has 0 bridgehead atoms. The summed E-state index contributed by atoms with van der Waals surface area (Å²) >= 11 is 0. The number of nitrogens with one attached hydrogen (secondary N) is 1. The SMILES string of the molecule is CCOc1ccc(Oc2ccc(NC(=O)[C@@H]3CC[C@H](CN)O3)cc2)cc1.Cl. The van der Waals surface area contributed by atoms with Crippen molar-refractivity contribution in [3.8, 4) is 17.2 Å². The van der Waals surface area contributed by atoms with E-state index in [0.717, 1.165) is 17.9 Å². The van der Waals surface area contributed by atoms with E-state index in [-0.39, 0.29) is 24.4 Å². The van der Waals surface area contributed by atoms with Gasteiger partial charge >= 0.3 is 0 Å². The van der Waals surface area contributed by atoms with E-state index in [4.69, 9.17) is 19.9 Å². The second kappa shape index (κ2) is 10.2. The van der Waals surface area contributed by atoms with Crippen molar-refractivity contribution in [1.29, 1.82) is 0 Å². The number of ether oxygens (including phenoxy) is 3. The molecule has 0 radical (unpaired) electrons. The molecular weight excluding hydrogens is 368 g/mol. The summed E-state index contributed by atoms with van der Waals surface area (Å²) in [6, 6.07) is 14.7. The molecule has 2 aromatic rings. The lowest BCUT2D eigenvalue weighted by atomic mass is 10.2. The third kappa shape index (κ3) is 5.85. The summed E-state index contributed by atoms with van der Waals surface area (Å²) in [5.74, 6) is 2.08. The first kappa shape index (κ1) is 21.0. The molecule has 1 aliphatic heterocycles. The number of nitrogens with two attached hydrogens (primary N) is 1. The van der Waals surface area contributed by atoms with Gasteiger partial charge in [-0.25, -0.2) is 0 Å². The van der Waals surface area contributed by atoms with Crippen molar-refractivity contribution in [3.05, 3.63) is 48.5 Å². The number of anilines is 1. The van der Waals surface area contributed by atoms with Gasteiger partial charge in [-0.05, 0) is 68.3 Å². The summed E-state index contributed by atoms with van der Waals surface area (Å²) in [5.41, 5.74) is 6.28. The second-order valence-corrected chi connectivity index (χ2v) is 6.08. The maximum absolute atomic E-state index is 12.2. The molecule has 3 N–H and O–H groups in total. The Morgan fingerprint density at radius 2 is 1.67 bits per heavy atom. The summed E-state index contributed by atoms with van der Waals surface area (Å²) < 4.78 is 16.8. The van der Waals surface area contributed by atoms with Gasteiger partial charge in [0.25, 0.3) is 5.91 Å². The fourth-order valence-corrected chi connectivity index (χ4v) is 2.81. The Morgan fingerprint density at radius 1 is 1.07 bits per heavy atom. The first-order valence-corrected chi connectivity index (χ1v) is 8.85. The summed E-state index contributed by atoms with van der Waals surface area (Å²) in [4.78, 5) is 12.2. The van der Waals surface area contributed by atoms with Crippen molar-refractivity contribution in [2.45, 2.75) is 32.0 Å². The molecule has 1 amide bonds. The maximum atomic E-state index is 12.2. The Hall–Kier alpha value is -2.28. The summed E-state index contributed by atoms with van der Waals surface area (Å²) in [6.45, 7) is 3.02. The van der Waals surface area contributed by atoms with Crippen LogP contribution in [-0.4, -0.2) is 31.3 Å². The number of amides is 1. The summed E-state index contributed by atoms with van der Waals surface area (Å²) in [6.07, 6.45) is 1.08. The molecule has 0 aliphatic carbocycles. The minimum absolute atomic E-state index is 0. The van der Waals surface area contributed by atoms with Crippen LogP contribution in [-0.2, 0) is 9.53 Å². The summed E-state index contributed by atoms with van der Waals surface area (Å²) in [5, 5.41) is 2.86. The molecule has 0 unspecified atom stereocenters. The Labute approximate surface area is 165 Å². The van der Waals surface area contributed by atoms with Gasteiger partial charge in [-0.3, -0.25) is 4.79 Å². The van der Waals surface area contributed by atoms with Crippen LogP contribution in [0.3, 0.4) is 0 Å². The van der Waals surface area contributed by atoms with Crippen molar-refractivity contribution < 1.29 is 19.0 Å². The molecule has 146 valence electrons. The highest BCUT2D eigenvalue weighted by Crippen LogP contribution is 2.26. The van der Waals surface area contributed by atoms with E-state index in [2.05, 4.69) is 5.32 Å². The predicted molar refractivity (Wildman–Crippen MR) is 107 cm³/mol. The molecule has 1 aliphatic rings. The highest BCUT2D eigenvalue weighted by atomic mass is 35.5. The topological polar surface area (TPSA) is 82.8 Å². The zero-order valence-electron chi connectivity index (χ0n) is 15.2. The third-order valence-corrected chi connectivity index (χ3v) is 4.16. The monoisotopic (exact) mass is 392 g/mol. The van der Waals surface area contributed by atoms with Gasteiger partial charge < -0.3 is 25.3 Å². The average Bonchev–Trinajstić information content (AvgIpc) is 3.15. The highest BCUT2D eigenvalue weighted by Gasteiger charge is 2.29. The second-order valence-electron chi connectivity index (χ2n) is 6.08. The molecule has 27 heavy (non-hydrogen) atoms. The number of carbonyl (C=O) groups excluding carboxylic acids is 1. The lowest BCUT2D eigenvalue weighted by Crippen LogP contribution is -2.29. The van der Waals surface area contributed by atoms with E-state index < -0.39 is 6.10 Å². The van der Waals surface area contributed by atoms with E-state index in [1.54, 1.807) is 12.1 Å². The Kier molecular flexibility index (Phi) is 7.91. The van der Waals surface area contributed by atoms with Crippen LogP contribution < -0.4 is 20.5 Å². The standard InChI is InChI=1S/C20H24N2O4.ClH/c1-2-24-15-7-9-17(10-8-15)25-16-5-3-14(4-6-16)22-20(23)19-12-11-18(13-21)26-19;/h3-10,18-19H,2,11-13,21H2,1H3,(H,22,23);1H/t18-,19+;/m1./s1. The molecule has 2 atom stereocenters. The smallest absolute Gasteiger partial charge is 0.253 e. The van der Waals surface area contributed by atoms with E-state index in [1.807, 2.05) is 43.3 Å². The number of benzene rings is 2. The molecule has 3 rings (SSSR count). The average molecular weight is 393 g/mol. The normalized spacial score (nSPS) is 18.4. The van der Waals surface area contributed by atoms with Crippen molar-refractivity contribution in [2.24, 2.45) is 5.73 Å². The third-order valence-electron chi connectivity index (χ3n) is 4.16. The van der Waals surface area contributed by atoms with E-state index in [9.17, 15) is 4.79 Å². The summed E-state index contributed by atoms with van der Waals surface area (Å²) in [7, 11) is 0. The fraction of sp³-hybridized carbons (Fsp3) is 0.350. The first-order valence-electron chi connectivity index (χ1n) is 8.85. The van der Waals surface area contributed by atoms with Crippen LogP contribution in [0.1, 0.15) is 19.8 Å². The molecule has 1 heterocycles. The van der Waals surface area contributed by atoms with Gasteiger partial charge in [0, 0.05) is 12.2 Å². The molecular formula is C20H25ClN2O4. The predicted octanol–water partition coefficient (Wildman–Crippen LogP) is 3.74. The van der Waals surface area contributed by atoms with Gasteiger partial charge in [-0.2, -0.15) is 0 Å². The number of rotatable bonds is 7. The van der Waals surface area contributed by atoms with Gasteiger partial charge in [0.2, 0.25) is 0 Å². The van der Waals surface area contributed by atoms with Crippen molar-refractivity contribution in [3.63, 3.8) is 0 Å². The van der Waals surface area contributed by atoms with Crippen LogP contribution in [0.5, 0.6) is 17.2 Å². The maximum Gasteiger partial charge on any atom is 0.253 e.